The summed E-state index contributed by atoms with van der Waals surface area (Å²) in [5, 5.41) is 3.64. The molecule has 0 saturated carbocycles. The number of nitrogens with one attached hydrogen (secondary N) is 1. The maximum atomic E-state index is 12.6. The molecule has 1 N–H and O–H groups in total. The Morgan fingerprint density at radius 1 is 1.35 bits per heavy atom. The number of carbonyl (C=O) groups excluding carboxylic acids is 1. The number of rotatable bonds is 4. The summed E-state index contributed by atoms with van der Waals surface area (Å²) in [7, 11) is -2.32. The maximum absolute atomic E-state index is 12.6. The number of nitrogens with zero attached hydrogens (tertiary/aromatic N) is 2. The standard InChI is InChI=1S/C15H21N3O3S2/c1-10-16-12-7-6-11(8-13(12)22-10)23(20,21)18(5)9-14(19)17-15(2,3)4/h6-8H,9H2,1-5H3,(H,17,19). The number of hydrogen-bond donors (Lipinski definition) is 1. The van der Waals surface area contributed by atoms with Crippen molar-refractivity contribution in [3.8, 4) is 0 Å². The molecule has 2 aromatic rings. The van der Waals surface area contributed by atoms with Crippen molar-refractivity contribution in [3.63, 3.8) is 0 Å². The van der Waals surface area contributed by atoms with Gasteiger partial charge in [0.1, 0.15) is 0 Å². The van der Waals surface area contributed by atoms with Crippen molar-refractivity contribution in [2.75, 3.05) is 13.6 Å². The third kappa shape index (κ3) is 4.27. The average molecular weight is 355 g/mol. The van der Waals surface area contributed by atoms with Gasteiger partial charge in [0.05, 0.1) is 26.7 Å². The predicted molar refractivity (Wildman–Crippen MR) is 92.1 cm³/mol. The molecule has 2 rings (SSSR count). The van der Waals surface area contributed by atoms with Crippen molar-refractivity contribution in [2.24, 2.45) is 0 Å². The van der Waals surface area contributed by atoms with E-state index in [0.717, 1.165) is 19.5 Å². The van der Waals surface area contributed by atoms with Gasteiger partial charge in [0, 0.05) is 12.6 Å². The zero-order valence-corrected chi connectivity index (χ0v) is 15.5. The van der Waals surface area contributed by atoms with Gasteiger partial charge in [-0.3, -0.25) is 4.79 Å². The van der Waals surface area contributed by atoms with Gasteiger partial charge in [-0.05, 0) is 45.9 Å². The normalized spacial score (nSPS) is 12.8. The van der Waals surface area contributed by atoms with E-state index in [1.807, 2.05) is 27.7 Å². The molecule has 0 atom stereocenters. The average Bonchev–Trinajstić information content (AvgIpc) is 2.74. The number of aryl methyl sites for hydroxylation is 1. The van der Waals surface area contributed by atoms with E-state index < -0.39 is 15.6 Å². The van der Waals surface area contributed by atoms with Crippen molar-refractivity contribution in [3.05, 3.63) is 23.2 Å². The predicted octanol–water partition coefficient (Wildman–Crippen LogP) is 2.14. The van der Waals surface area contributed by atoms with E-state index in [1.165, 1.54) is 24.5 Å². The summed E-state index contributed by atoms with van der Waals surface area (Å²) in [5.74, 6) is -0.335. The number of fused-ring (bicyclic) bond motifs is 1. The first-order chi connectivity index (χ1) is 10.5. The Balaban J connectivity index is 2.23. The fourth-order valence-electron chi connectivity index (χ4n) is 2.11. The third-order valence-corrected chi connectivity index (χ3v) is 5.79. The Labute approximate surface area is 140 Å². The van der Waals surface area contributed by atoms with E-state index >= 15 is 0 Å². The summed E-state index contributed by atoms with van der Waals surface area (Å²) in [4.78, 5) is 16.4. The van der Waals surface area contributed by atoms with Gasteiger partial charge in [0.2, 0.25) is 15.9 Å². The highest BCUT2D eigenvalue weighted by Crippen LogP contribution is 2.25. The molecule has 1 heterocycles. The molecule has 0 spiro atoms. The molecule has 0 saturated heterocycles. The lowest BCUT2D eigenvalue weighted by Gasteiger charge is -2.23. The number of likely N-dealkylation sites (N-methyl/N-ethyl adjacent to an activating group) is 1. The molecule has 126 valence electrons. The summed E-state index contributed by atoms with van der Waals surface area (Å²) in [6.45, 7) is 7.19. The van der Waals surface area contributed by atoms with Gasteiger partial charge in [-0.1, -0.05) is 0 Å². The molecule has 1 aromatic heterocycles. The highest BCUT2D eigenvalue weighted by Gasteiger charge is 2.25. The van der Waals surface area contributed by atoms with E-state index in [4.69, 9.17) is 0 Å². The van der Waals surface area contributed by atoms with Gasteiger partial charge in [-0.2, -0.15) is 4.31 Å². The number of aromatic nitrogens is 1. The lowest BCUT2D eigenvalue weighted by atomic mass is 10.1. The van der Waals surface area contributed by atoms with Crippen LogP contribution in [0, 0.1) is 6.92 Å². The minimum Gasteiger partial charge on any atom is -0.350 e. The molecule has 0 bridgehead atoms. The summed E-state index contributed by atoms with van der Waals surface area (Å²) in [6, 6.07) is 4.82. The molecule has 0 unspecified atom stereocenters. The Hall–Kier alpha value is -1.51. The molecule has 0 aliphatic heterocycles. The Morgan fingerprint density at radius 3 is 2.61 bits per heavy atom. The van der Waals surface area contributed by atoms with E-state index in [0.29, 0.717) is 0 Å². The van der Waals surface area contributed by atoms with Crippen LogP contribution in [0.1, 0.15) is 25.8 Å². The number of benzene rings is 1. The molecule has 8 heteroatoms. The van der Waals surface area contributed by atoms with Crippen LogP contribution in [0.5, 0.6) is 0 Å². The summed E-state index contributed by atoms with van der Waals surface area (Å²) >= 11 is 1.44. The van der Waals surface area contributed by atoms with E-state index in [-0.39, 0.29) is 17.3 Å². The van der Waals surface area contributed by atoms with Crippen LogP contribution in [0.4, 0.5) is 0 Å². The van der Waals surface area contributed by atoms with Gasteiger partial charge in [0.25, 0.3) is 0 Å². The largest absolute Gasteiger partial charge is 0.350 e. The third-order valence-electron chi connectivity index (χ3n) is 3.06. The second-order valence-corrected chi connectivity index (χ2v) is 9.70. The topological polar surface area (TPSA) is 79.4 Å². The van der Waals surface area contributed by atoms with E-state index in [1.54, 1.807) is 12.1 Å². The zero-order chi connectivity index (χ0) is 17.4. The summed E-state index contributed by atoms with van der Waals surface area (Å²) < 4.78 is 27.1. The van der Waals surface area contributed by atoms with Crippen LogP contribution >= 0.6 is 11.3 Å². The highest BCUT2D eigenvalue weighted by molar-refractivity contribution is 7.89. The van der Waals surface area contributed by atoms with Crippen LogP contribution in [0.25, 0.3) is 10.2 Å². The second-order valence-electron chi connectivity index (χ2n) is 6.42. The summed E-state index contributed by atoms with van der Waals surface area (Å²) in [6.07, 6.45) is 0. The monoisotopic (exact) mass is 355 g/mol. The van der Waals surface area contributed by atoms with Crippen molar-refractivity contribution in [1.29, 1.82) is 0 Å². The van der Waals surface area contributed by atoms with Crippen molar-refractivity contribution in [1.82, 2.24) is 14.6 Å². The maximum Gasteiger partial charge on any atom is 0.243 e. The molecule has 1 amide bonds. The first-order valence-corrected chi connectivity index (χ1v) is 9.39. The zero-order valence-electron chi connectivity index (χ0n) is 13.9. The lowest BCUT2D eigenvalue weighted by Crippen LogP contribution is -2.46. The van der Waals surface area contributed by atoms with Gasteiger partial charge in [-0.25, -0.2) is 13.4 Å². The van der Waals surface area contributed by atoms with Gasteiger partial charge >= 0.3 is 0 Å². The van der Waals surface area contributed by atoms with Crippen molar-refractivity contribution in [2.45, 2.75) is 38.1 Å². The van der Waals surface area contributed by atoms with Crippen LogP contribution in [0.15, 0.2) is 23.1 Å². The Morgan fingerprint density at radius 2 is 2.00 bits per heavy atom. The first kappa shape index (κ1) is 17.8. The van der Waals surface area contributed by atoms with Crippen LogP contribution < -0.4 is 5.32 Å². The van der Waals surface area contributed by atoms with Crippen molar-refractivity contribution < 1.29 is 13.2 Å². The minimum atomic E-state index is -3.72. The molecule has 1 aromatic carbocycles. The smallest absolute Gasteiger partial charge is 0.243 e. The number of hydrogen-bond acceptors (Lipinski definition) is 5. The fourth-order valence-corrected chi connectivity index (χ4v) is 4.20. The molecule has 0 aliphatic rings. The molecule has 6 nitrogen and oxygen atoms in total. The van der Waals surface area contributed by atoms with Gasteiger partial charge in [0.15, 0.2) is 0 Å². The van der Waals surface area contributed by atoms with Gasteiger partial charge < -0.3 is 5.32 Å². The molecule has 0 radical (unpaired) electrons. The quantitative estimate of drug-likeness (QED) is 0.911. The van der Waals surface area contributed by atoms with Crippen LogP contribution in [-0.4, -0.2) is 42.7 Å². The van der Waals surface area contributed by atoms with Crippen molar-refractivity contribution >= 4 is 37.5 Å². The Kier molecular flexibility index (Phi) is 4.79. The molecule has 0 fully saturated rings. The van der Waals surface area contributed by atoms with Crippen LogP contribution in [0.2, 0.25) is 0 Å². The highest BCUT2D eigenvalue weighted by atomic mass is 32.2. The molecular formula is C15H21N3O3S2. The minimum absolute atomic E-state index is 0.166. The SMILES string of the molecule is Cc1nc2ccc(S(=O)(=O)N(C)CC(=O)NC(C)(C)C)cc2s1. The van der Waals surface area contributed by atoms with Gasteiger partial charge in [-0.15, -0.1) is 11.3 Å². The van der Waals surface area contributed by atoms with Crippen LogP contribution in [0.3, 0.4) is 0 Å². The molecular weight excluding hydrogens is 334 g/mol. The molecule has 23 heavy (non-hydrogen) atoms. The van der Waals surface area contributed by atoms with Crippen LogP contribution in [-0.2, 0) is 14.8 Å². The lowest BCUT2D eigenvalue weighted by molar-refractivity contribution is -0.122. The second kappa shape index (κ2) is 6.18. The molecule has 0 aliphatic carbocycles. The fraction of sp³-hybridized carbons (Fsp3) is 0.467. The number of thiazole rings is 1. The van der Waals surface area contributed by atoms with E-state index in [9.17, 15) is 13.2 Å². The number of amides is 1. The first-order valence-electron chi connectivity index (χ1n) is 7.13. The Bertz CT molecular complexity index is 835. The van der Waals surface area contributed by atoms with E-state index in [2.05, 4.69) is 10.3 Å². The summed E-state index contributed by atoms with van der Waals surface area (Å²) in [5.41, 5.74) is 0.375. The number of carbonyl (C=O) groups is 1. The number of sulfonamides is 1.